The third-order valence-corrected chi connectivity index (χ3v) is 5.00. The first-order chi connectivity index (χ1) is 9.52. The minimum absolute atomic E-state index is 1.10. The molecule has 0 nitrogen and oxygen atoms in total. The van der Waals surface area contributed by atoms with Gasteiger partial charge in [0.15, 0.2) is 0 Å². The Kier molecular flexibility index (Phi) is 3.05. The van der Waals surface area contributed by atoms with Gasteiger partial charge in [0.25, 0.3) is 0 Å². The standard InChI is InChI=1S/C20H22/c1-12-11-18-15(4)13(2)14(3)16(5)20(18)19(12)17-9-7-6-8-10-17/h6-10H,11H2,1-5H3. The largest absolute Gasteiger partial charge is 0.0622 e. The van der Waals surface area contributed by atoms with Crippen LogP contribution in [0.5, 0.6) is 0 Å². The van der Waals surface area contributed by atoms with Crippen molar-refractivity contribution in [1.82, 2.24) is 0 Å². The van der Waals surface area contributed by atoms with Crippen molar-refractivity contribution < 1.29 is 0 Å². The topological polar surface area (TPSA) is 0 Å². The molecule has 0 atom stereocenters. The fourth-order valence-electron chi connectivity index (χ4n) is 3.51. The summed E-state index contributed by atoms with van der Waals surface area (Å²) in [6.07, 6.45) is 1.10. The van der Waals surface area contributed by atoms with E-state index < -0.39 is 0 Å². The van der Waals surface area contributed by atoms with E-state index in [1.54, 1.807) is 5.56 Å². The summed E-state index contributed by atoms with van der Waals surface area (Å²) >= 11 is 0. The van der Waals surface area contributed by atoms with Crippen LogP contribution in [0.15, 0.2) is 35.9 Å². The Morgan fingerprint density at radius 2 is 1.30 bits per heavy atom. The molecular weight excluding hydrogens is 240 g/mol. The van der Waals surface area contributed by atoms with Gasteiger partial charge in [-0.3, -0.25) is 0 Å². The van der Waals surface area contributed by atoms with Gasteiger partial charge in [-0.15, -0.1) is 0 Å². The van der Waals surface area contributed by atoms with Gasteiger partial charge < -0.3 is 0 Å². The molecule has 0 spiro atoms. The van der Waals surface area contributed by atoms with Crippen molar-refractivity contribution in [3.05, 3.63) is 74.8 Å². The maximum absolute atomic E-state index is 2.28. The van der Waals surface area contributed by atoms with Gasteiger partial charge in [0, 0.05) is 0 Å². The summed E-state index contributed by atoms with van der Waals surface area (Å²) < 4.78 is 0. The summed E-state index contributed by atoms with van der Waals surface area (Å²) in [5.74, 6) is 0. The molecule has 1 aliphatic carbocycles. The van der Waals surface area contributed by atoms with Gasteiger partial charge in [0.05, 0.1) is 0 Å². The zero-order chi connectivity index (χ0) is 14.4. The van der Waals surface area contributed by atoms with E-state index in [9.17, 15) is 0 Å². The predicted octanol–water partition coefficient (Wildman–Crippen LogP) is 5.30. The molecular formula is C20H22. The molecule has 0 heterocycles. The summed E-state index contributed by atoms with van der Waals surface area (Å²) in [5, 5.41) is 0. The molecule has 0 radical (unpaired) electrons. The van der Waals surface area contributed by atoms with Crippen LogP contribution in [0.2, 0.25) is 0 Å². The molecule has 0 unspecified atom stereocenters. The van der Waals surface area contributed by atoms with E-state index in [1.807, 2.05) is 0 Å². The van der Waals surface area contributed by atoms with E-state index in [1.165, 1.54) is 44.5 Å². The van der Waals surface area contributed by atoms with Crippen LogP contribution in [-0.4, -0.2) is 0 Å². The number of allylic oxidation sites excluding steroid dienone is 1. The van der Waals surface area contributed by atoms with Gasteiger partial charge in [-0.25, -0.2) is 0 Å². The van der Waals surface area contributed by atoms with Crippen molar-refractivity contribution >= 4 is 5.57 Å². The molecule has 20 heavy (non-hydrogen) atoms. The molecule has 0 amide bonds. The van der Waals surface area contributed by atoms with Gasteiger partial charge >= 0.3 is 0 Å². The zero-order valence-electron chi connectivity index (χ0n) is 13.1. The fraction of sp³-hybridized carbons (Fsp3) is 0.300. The Morgan fingerprint density at radius 3 is 1.95 bits per heavy atom. The molecule has 0 aliphatic heterocycles. The maximum atomic E-state index is 2.28. The summed E-state index contributed by atoms with van der Waals surface area (Å²) in [4.78, 5) is 0. The second kappa shape index (κ2) is 4.63. The van der Waals surface area contributed by atoms with Crippen molar-refractivity contribution in [2.45, 2.75) is 41.0 Å². The van der Waals surface area contributed by atoms with Crippen LogP contribution in [0.3, 0.4) is 0 Å². The van der Waals surface area contributed by atoms with E-state index in [-0.39, 0.29) is 0 Å². The van der Waals surface area contributed by atoms with Crippen molar-refractivity contribution in [2.24, 2.45) is 0 Å². The van der Waals surface area contributed by atoms with Gasteiger partial charge in [-0.1, -0.05) is 35.9 Å². The first-order valence-electron chi connectivity index (χ1n) is 7.37. The van der Waals surface area contributed by atoms with Crippen LogP contribution < -0.4 is 0 Å². The van der Waals surface area contributed by atoms with Crippen LogP contribution in [-0.2, 0) is 6.42 Å². The van der Waals surface area contributed by atoms with Gasteiger partial charge in [-0.05, 0) is 85.6 Å². The molecule has 0 fully saturated rings. The molecule has 2 aromatic carbocycles. The number of fused-ring (bicyclic) bond motifs is 1. The fourth-order valence-corrected chi connectivity index (χ4v) is 3.51. The highest BCUT2D eigenvalue weighted by molar-refractivity contribution is 5.89. The molecule has 3 rings (SSSR count). The highest BCUT2D eigenvalue weighted by atomic mass is 14.3. The predicted molar refractivity (Wildman–Crippen MR) is 87.2 cm³/mol. The number of benzene rings is 2. The first kappa shape index (κ1) is 13.2. The van der Waals surface area contributed by atoms with E-state index in [2.05, 4.69) is 65.0 Å². The number of hydrogen-bond acceptors (Lipinski definition) is 0. The summed E-state index contributed by atoms with van der Waals surface area (Å²) in [5.41, 5.74) is 13.2. The Hall–Kier alpha value is -1.82. The van der Waals surface area contributed by atoms with Crippen LogP contribution in [0, 0.1) is 27.7 Å². The van der Waals surface area contributed by atoms with Gasteiger partial charge in [0.1, 0.15) is 0 Å². The Balaban J connectivity index is 2.32. The highest BCUT2D eigenvalue weighted by Gasteiger charge is 2.25. The average Bonchev–Trinajstić information content (AvgIpc) is 2.81. The smallest absolute Gasteiger partial charge is 0.00514 e. The summed E-state index contributed by atoms with van der Waals surface area (Å²) in [7, 11) is 0. The molecule has 0 bridgehead atoms. The van der Waals surface area contributed by atoms with Crippen LogP contribution in [0.1, 0.15) is 45.9 Å². The minimum atomic E-state index is 1.10. The third kappa shape index (κ3) is 1.75. The van der Waals surface area contributed by atoms with Crippen molar-refractivity contribution in [3.8, 4) is 0 Å². The van der Waals surface area contributed by atoms with E-state index in [0.717, 1.165) is 6.42 Å². The van der Waals surface area contributed by atoms with Crippen LogP contribution >= 0.6 is 0 Å². The van der Waals surface area contributed by atoms with Gasteiger partial charge in [0.2, 0.25) is 0 Å². The molecule has 102 valence electrons. The third-order valence-electron chi connectivity index (χ3n) is 5.00. The maximum Gasteiger partial charge on any atom is -0.00514 e. The quantitative estimate of drug-likeness (QED) is 0.654. The minimum Gasteiger partial charge on any atom is -0.0622 e. The normalized spacial score (nSPS) is 13.8. The van der Waals surface area contributed by atoms with Gasteiger partial charge in [-0.2, -0.15) is 0 Å². The SMILES string of the molecule is CC1=C(c2ccccc2)c2c(C)c(C)c(C)c(C)c2C1. The van der Waals surface area contributed by atoms with E-state index >= 15 is 0 Å². The average molecular weight is 262 g/mol. The first-order valence-corrected chi connectivity index (χ1v) is 7.37. The second-order valence-electron chi connectivity index (χ2n) is 6.05. The lowest BCUT2D eigenvalue weighted by atomic mass is 9.86. The van der Waals surface area contributed by atoms with Crippen molar-refractivity contribution in [1.29, 1.82) is 0 Å². The van der Waals surface area contributed by atoms with E-state index in [4.69, 9.17) is 0 Å². The molecule has 0 saturated heterocycles. The Labute approximate surface area is 122 Å². The molecule has 0 heteroatoms. The highest BCUT2D eigenvalue weighted by Crippen LogP contribution is 2.42. The van der Waals surface area contributed by atoms with Crippen molar-refractivity contribution in [2.75, 3.05) is 0 Å². The van der Waals surface area contributed by atoms with Crippen LogP contribution in [0.25, 0.3) is 5.57 Å². The second-order valence-corrected chi connectivity index (χ2v) is 6.05. The monoisotopic (exact) mass is 262 g/mol. The Morgan fingerprint density at radius 1 is 0.700 bits per heavy atom. The molecule has 2 aromatic rings. The Bertz CT molecular complexity index is 716. The molecule has 1 aliphatic rings. The lowest BCUT2D eigenvalue weighted by Gasteiger charge is -2.18. The van der Waals surface area contributed by atoms with Crippen molar-refractivity contribution in [3.63, 3.8) is 0 Å². The molecule has 0 saturated carbocycles. The van der Waals surface area contributed by atoms with Crippen LogP contribution in [0.4, 0.5) is 0 Å². The summed E-state index contributed by atoms with van der Waals surface area (Å²) in [6, 6.07) is 10.8. The molecule has 0 aromatic heterocycles. The lowest BCUT2D eigenvalue weighted by molar-refractivity contribution is 1.11. The van der Waals surface area contributed by atoms with E-state index in [0.29, 0.717) is 0 Å². The number of rotatable bonds is 1. The molecule has 0 N–H and O–H groups in total. The summed E-state index contributed by atoms with van der Waals surface area (Å²) in [6.45, 7) is 11.4. The lowest BCUT2D eigenvalue weighted by Crippen LogP contribution is -2.01. The number of hydrogen-bond donors (Lipinski definition) is 0. The zero-order valence-corrected chi connectivity index (χ0v) is 13.1.